The van der Waals surface area contributed by atoms with Gasteiger partial charge in [0, 0.05) is 5.92 Å². The van der Waals surface area contributed by atoms with Gasteiger partial charge in [-0.1, -0.05) is 105 Å². The van der Waals surface area contributed by atoms with E-state index in [2.05, 4.69) is 84.2 Å². The number of benzene rings is 2. The highest BCUT2D eigenvalue weighted by Gasteiger charge is 2.36. The lowest BCUT2D eigenvalue weighted by Gasteiger charge is -2.22. The van der Waals surface area contributed by atoms with Gasteiger partial charge in [0.1, 0.15) is 0 Å². The minimum atomic E-state index is 0.439. The van der Waals surface area contributed by atoms with Crippen LogP contribution in [-0.2, 0) is 12.8 Å². The summed E-state index contributed by atoms with van der Waals surface area (Å²) in [5, 5.41) is 0. The van der Waals surface area contributed by atoms with Gasteiger partial charge in [-0.15, -0.1) is 0 Å². The van der Waals surface area contributed by atoms with E-state index in [4.69, 9.17) is 0 Å². The molecule has 0 spiro atoms. The fourth-order valence-corrected chi connectivity index (χ4v) is 7.15. The molecule has 2 saturated carbocycles. The zero-order valence-corrected chi connectivity index (χ0v) is 22.0. The maximum atomic E-state index is 4.47. The second-order valence-corrected chi connectivity index (χ2v) is 11.8. The van der Waals surface area contributed by atoms with Crippen molar-refractivity contribution in [1.82, 2.24) is 0 Å². The number of rotatable bonds is 5. The SMILES string of the molecule is C=C1C(CC2=Cc3cccc(-c4cc(C)cc(C)c4C[C@@H]4CCC[C@@H]4C)c3C2)C(=C)C(C)C1C. The Labute approximate surface area is 207 Å². The number of hydrogen-bond acceptors (Lipinski definition) is 0. The van der Waals surface area contributed by atoms with Crippen LogP contribution in [0.4, 0.5) is 0 Å². The number of fused-ring (bicyclic) bond motifs is 1. The van der Waals surface area contributed by atoms with Crippen LogP contribution in [0.2, 0.25) is 0 Å². The Morgan fingerprint density at radius 2 is 1.62 bits per heavy atom. The molecule has 0 radical (unpaired) electrons. The van der Waals surface area contributed by atoms with Crippen molar-refractivity contribution in [2.75, 3.05) is 0 Å². The molecule has 2 aromatic carbocycles. The fraction of sp³-hybridized carbons (Fsp3) is 0.471. The molecule has 0 heteroatoms. The molecule has 0 bridgehead atoms. The number of allylic oxidation sites excluding steroid dienone is 3. The normalized spacial score (nSPS) is 28.5. The molecule has 0 amide bonds. The first-order valence-electron chi connectivity index (χ1n) is 13.5. The summed E-state index contributed by atoms with van der Waals surface area (Å²) in [7, 11) is 0. The first kappa shape index (κ1) is 23.4. The van der Waals surface area contributed by atoms with E-state index >= 15 is 0 Å². The Hall–Kier alpha value is -2.34. The van der Waals surface area contributed by atoms with Crippen molar-refractivity contribution in [3.8, 4) is 11.1 Å². The average molecular weight is 451 g/mol. The first-order chi connectivity index (χ1) is 16.2. The van der Waals surface area contributed by atoms with Crippen LogP contribution in [0.1, 0.15) is 74.3 Å². The molecule has 3 aliphatic carbocycles. The van der Waals surface area contributed by atoms with E-state index in [0.717, 1.165) is 24.7 Å². The maximum Gasteiger partial charge on any atom is 0.00447 e. The molecule has 0 saturated heterocycles. The highest BCUT2D eigenvalue weighted by molar-refractivity contribution is 5.80. The van der Waals surface area contributed by atoms with Gasteiger partial charge in [-0.05, 0) is 96.6 Å². The van der Waals surface area contributed by atoms with E-state index in [1.165, 1.54) is 70.2 Å². The van der Waals surface area contributed by atoms with Crippen LogP contribution in [0, 0.1) is 43.4 Å². The van der Waals surface area contributed by atoms with Gasteiger partial charge in [0.2, 0.25) is 0 Å². The Morgan fingerprint density at radius 1 is 0.882 bits per heavy atom. The molecule has 34 heavy (non-hydrogen) atoms. The lowest BCUT2D eigenvalue weighted by atomic mass is 9.83. The molecule has 3 aliphatic rings. The van der Waals surface area contributed by atoms with Gasteiger partial charge in [0.25, 0.3) is 0 Å². The predicted octanol–water partition coefficient (Wildman–Crippen LogP) is 9.29. The smallest absolute Gasteiger partial charge is 0.00447 e. The van der Waals surface area contributed by atoms with Crippen molar-refractivity contribution >= 4 is 6.08 Å². The first-order valence-corrected chi connectivity index (χ1v) is 13.5. The summed E-state index contributed by atoms with van der Waals surface area (Å²) in [5.41, 5.74) is 14.6. The van der Waals surface area contributed by atoms with Gasteiger partial charge in [-0.3, -0.25) is 0 Å². The topological polar surface area (TPSA) is 0 Å². The van der Waals surface area contributed by atoms with Crippen molar-refractivity contribution in [1.29, 1.82) is 0 Å². The monoisotopic (exact) mass is 450 g/mol. The maximum absolute atomic E-state index is 4.47. The molecule has 0 N–H and O–H groups in total. The molecule has 2 unspecified atom stereocenters. The third-order valence-electron chi connectivity index (χ3n) is 9.67. The van der Waals surface area contributed by atoms with Gasteiger partial charge < -0.3 is 0 Å². The lowest BCUT2D eigenvalue weighted by Crippen LogP contribution is -2.10. The van der Waals surface area contributed by atoms with Gasteiger partial charge >= 0.3 is 0 Å². The Bertz CT molecular complexity index is 1150. The number of aryl methyl sites for hydroxylation is 2. The summed E-state index contributed by atoms with van der Waals surface area (Å²) in [6.07, 6.45) is 10.0. The van der Waals surface area contributed by atoms with Crippen LogP contribution in [0.15, 0.2) is 60.2 Å². The second kappa shape index (κ2) is 9.03. The standard InChI is InChI=1S/C34H42/c1-20-14-22(3)31(19-28-11-8-10-21(28)2)34(15-20)30-13-9-12-29-16-27(18-33(29)30)17-32-25(6)23(4)24(5)26(32)7/h9,12-16,21,23-24,28,32H,6-8,10-11,17-19H2,1-5H3/t21-,23?,24?,28-,32?/m0/s1. The summed E-state index contributed by atoms with van der Waals surface area (Å²) in [4.78, 5) is 0. The van der Waals surface area contributed by atoms with Crippen molar-refractivity contribution in [3.05, 3.63) is 88.0 Å². The van der Waals surface area contributed by atoms with Crippen LogP contribution in [0.25, 0.3) is 17.2 Å². The van der Waals surface area contributed by atoms with Crippen molar-refractivity contribution < 1.29 is 0 Å². The highest BCUT2D eigenvalue weighted by atomic mass is 14.4. The van der Waals surface area contributed by atoms with E-state index in [9.17, 15) is 0 Å². The van der Waals surface area contributed by atoms with E-state index in [-0.39, 0.29) is 0 Å². The van der Waals surface area contributed by atoms with Crippen LogP contribution in [0.5, 0.6) is 0 Å². The third kappa shape index (κ3) is 4.04. The average Bonchev–Trinajstić information content (AvgIpc) is 3.46. The second-order valence-electron chi connectivity index (χ2n) is 11.8. The minimum absolute atomic E-state index is 0.439. The van der Waals surface area contributed by atoms with Gasteiger partial charge in [-0.25, -0.2) is 0 Å². The van der Waals surface area contributed by atoms with Crippen LogP contribution in [0.3, 0.4) is 0 Å². The minimum Gasteiger partial charge on any atom is -0.0990 e. The Balaban J connectivity index is 1.46. The van der Waals surface area contributed by atoms with Crippen molar-refractivity contribution in [3.63, 3.8) is 0 Å². The third-order valence-corrected chi connectivity index (χ3v) is 9.67. The molecule has 5 rings (SSSR count). The molecule has 178 valence electrons. The van der Waals surface area contributed by atoms with Crippen molar-refractivity contribution in [2.24, 2.45) is 29.6 Å². The highest BCUT2D eigenvalue weighted by Crippen LogP contribution is 2.48. The van der Waals surface area contributed by atoms with Crippen LogP contribution >= 0.6 is 0 Å². The largest absolute Gasteiger partial charge is 0.0990 e. The molecular formula is C34H42. The van der Waals surface area contributed by atoms with Crippen molar-refractivity contribution in [2.45, 2.75) is 73.1 Å². The molecule has 0 heterocycles. The fourth-order valence-electron chi connectivity index (χ4n) is 7.15. The summed E-state index contributed by atoms with van der Waals surface area (Å²) in [5.74, 6) is 3.21. The van der Waals surface area contributed by atoms with Gasteiger partial charge in [0.05, 0.1) is 0 Å². The van der Waals surface area contributed by atoms with Gasteiger partial charge in [-0.2, -0.15) is 0 Å². The van der Waals surface area contributed by atoms with E-state index in [1.807, 2.05) is 0 Å². The summed E-state index contributed by atoms with van der Waals surface area (Å²) >= 11 is 0. The quantitative estimate of drug-likeness (QED) is 0.398. The van der Waals surface area contributed by atoms with Gasteiger partial charge in [0.15, 0.2) is 0 Å². The van der Waals surface area contributed by atoms with Crippen LogP contribution < -0.4 is 0 Å². The molecule has 0 aromatic heterocycles. The molecule has 0 aliphatic heterocycles. The zero-order valence-electron chi connectivity index (χ0n) is 22.0. The van der Waals surface area contributed by atoms with E-state index in [1.54, 1.807) is 11.1 Å². The predicted molar refractivity (Wildman–Crippen MR) is 148 cm³/mol. The molecular weight excluding hydrogens is 408 g/mol. The Kier molecular flexibility index (Phi) is 6.21. The molecule has 0 nitrogen and oxygen atoms in total. The summed E-state index contributed by atoms with van der Waals surface area (Å²) in [6.45, 7) is 20.6. The molecule has 2 aromatic rings. The molecule has 4 atom stereocenters. The van der Waals surface area contributed by atoms with Crippen LogP contribution in [-0.4, -0.2) is 0 Å². The summed E-state index contributed by atoms with van der Waals surface area (Å²) in [6, 6.07) is 11.8. The summed E-state index contributed by atoms with van der Waals surface area (Å²) < 4.78 is 0. The Morgan fingerprint density at radius 3 is 2.29 bits per heavy atom. The van der Waals surface area contributed by atoms with E-state index < -0.39 is 0 Å². The zero-order chi connectivity index (χ0) is 24.1. The number of hydrogen-bond donors (Lipinski definition) is 0. The lowest BCUT2D eigenvalue weighted by molar-refractivity contribution is 0.417. The van der Waals surface area contributed by atoms with E-state index in [0.29, 0.717) is 17.8 Å². The molecule has 2 fully saturated rings.